The third kappa shape index (κ3) is 3.16. The molecular formula is C11H20N2O. The first-order valence-corrected chi connectivity index (χ1v) is 5.12. The molecule has 0 radical (unpaired) electrons. The summed E-state index contributed by atoms with van der Waals surface area (Å²) in [5.41, 5.74) is 1.25. The molecule has 0 saturated heterocycles. The smallest absolute Gasteiger partial charge is 0.0950 e. The lowest BCUT2D eigenvalue weighted by Crippen LogP contribution is -2.25. The largest absolute Gasteiger partial charge is 0.472 e. The second kappa shape index (κ2) is 5.83. The molecule has 3 nitrogen and oxygen atoms in total. The van der Waals surface area contributed by atoms with Gasteiger partial charge in [0.1, 0.15) is 0 Å². The van der Waals surface area contributed by atoms with E-state index in [1.165, 1.54) is 12.0 Å². The molecule has 0 bridgehead atoms. The fraction of sp³-hybridized carbons (Fsp3) is 0.636. The van der Waals surface area contributed by atoms with Crippen LogP contribution in [-0.2, 0) is 0 Å². The molecule has 14 heavy (non-hydrogen) atoms. The van der Waals surface area contributed by atoms with Crippen LogP contribution in [0, 0.1) is 0 Å². The lowest BCUT2D eigenvalue weighted by molar-refractivity contribution is 0.257. The van der Waals surface area contributed by atoms with Gasteiger partial charge in [0.25, 0.3) is 0 Å². The van der Waals surface area contributed by atoms with Crippen molar-refractivity contribution >= 4 is 0 Å². The van der Waals surface area contributed by atoms with E-state index in [1.54, 1.807) is 6.26 Å². The molecule has 1 aromatic rings. The molecule has 0 amide bonds. The van der Waals surface area contributed by atoms with Crippen molar-refractivity contribution in [2.24, 2.45) is 0 Å². The van der Waals surface area contributed by atoms with Crippen LogP contribution in [0.2, 0.25) is 0 Å². The van der Waals surface area contributed by atoms with Crippen molar-refractivity contribution in [2.45, 2.75) is 19.4 Å². The lowest BCUT2D eigenvalue weighted by atomic mass is 10.1. The van der Waals surface area contributed by atoms with Crippen LogP contribution in [0.4, 0.5) is 0 Å². The van der Waals surface area contributed by atoms with Crippen molar-refractivity contribution in [2.75, 3.05) is 27.2 Å². The van der Waals surface area contributed by atoms with Gasteiger partial charge in [-0.1, -0.05) is 0 Å². The first-order chi connectivity index (χ1) is 6.75. The maximum atomic E-state index is 5.07. The molecule has 3 heteroatoms. The first-order valence-electron chi connectivity index (χ1n) is 5.12. The molecule has 1 atom stereocenters. The highest BCUT2D eigenvalue weighted by Gasteiger charge is 2.11. The summed E-state index contributed by atoms with van der Waals surface area (Å²) in [6.07, 6.45) is 4.72. The molecule has 1 unspecified atom stereocenters. The molecule has 1 aromatic heterocycles. The molecule has 1 rings (SSSR count). The van der Waals surface area contributed by atoms with Crippen molar-refractivity contribution in [1.29, 1.82) is 0 Å². The van der Waals surface area contributed by atoms with Gasteiger partial charge in [-0.2, -0.15) is 0 Å². The molecule has 1 N–H and O–H groups in total. The van der Waals surface area contributed by atoms with Gasteiger partial charge in [-0.05, 0) is 46.6 Å². The Kier molecular flexibility index (Phi) is 4.70. The topological polar surface area (TPSA) is 28.4 Å². The predicted octanol–water partition coefficient (Wildman–Crippen LogP) is 1.88. The normalized spacial score (nSPS) is 13.4. The van der Waals surface area contributed by atoms with Crippen LogP contribution >= 0.6 is 0 Å². The van der Waals surface area contributed by atoms with Crippen LogP contribution in [0.5, 0.6) is 0 Å². The number of hydrogen-bond acceptors (Lipinski definition) is 3. The molecule has 80 valence electrons. The van der Waals surface area contributed by atoms with Crippen LogP contribution in [0.15, 0.2) is 23.0 Å². The quantitative estimate of drug-likeness (QED) is 0.704. The molecular weight excluding hydrogens is 176 g/mol. The fourth-order valence-corrected chi connectivity index (χ4v) is 1.47. The Morgan fingerprint density at radius 3 is 2.93 bits per heavy atom. The van der Waals surface area contributed by atoms with Crippen molar-refractivity contribution in [1.82, 2.24) is 10.2 Å². The van der Waals surface area contributed by atoms with E-state index in [0.29, 0.717) is 6.04 Å². The van der Waals surface area contributed by atoms with Crippen molar-refractivity contribution in [3.63, 3.8) is 0 Å². The highest BCUT2D eigenvalue weighted by atomic mass is 16.3. The fourth-order valence-electron chi connectivity index (χ4n) is 1.47. The van der Waals surface area contributed by atoms with Crippen molar-refractivity contribution in [3.05, 3.63) is 24.2 Å². The number of furan rings is 1. The average Bonchev–Trinajstić information content (AvgIpc) is 2.69. The van der Waals surface area contributed by atoms with Crippen LogP contribution in [-0.4, -0.2) is 32.1 Å². The summed E-state index contributed by atoms with van der Waals surface area (Å²) in [4.78, 5) is 2.34. The summed E-state index contributed by atoms with van der Waals surface area (Å²) in [5.74, 6) is 0. The summed E-state index contributed by atoms with van der Waals surface area (Å²) in [7, 11) is 4.13. The van der Waals surface area contributed by atoms with E-state index in [0.717, 1.165) is 13.1 Å². The van der Waals surface area contributed by atoms with Crippen molar-refractivity contribution < 1.29 is 4.42 Å². The monoisotopic (exact) mass is 196 g/mol. The van der Waals surface area contributed by atoms with Gasteiger partial charge in [0.2, 0.25) is 0 Å². The van der Waals surface area contributed by atoms with E-state index >= 15 is 0 Å². The van der Waals surface area contributed by atoms with Gasteiger partial charge in [-0.3, -0.25) is 4.90 Å². The lowest BCUT2D eigenvalue weighted by Gasteiger charge is -2.23. The molecule has 0 aliphatic heterocycles. The second-order valence-corrected chi connectivity index (χ2v) is 3.67. The Morgan fingerprint density at radius 1 is 1.57 bits per heavy atom. The summed E-state index contributed by atoms with van der Waals surface area (Å²) >= 11 is 0. The van der Waals surface area contributed by atoms with Gasteiger partial charge in [0, 0.05) is 11.6 Å². The standard InChI is InChI=1S/C11H20N2O/c1-10(11-5-8-14-9-11)13(3)7-4-6-12-2/h5,8-10,12H,4,6-7H2,1-3H3. The van der Waals surface area contributed by atoms with Gasteiger partial charge in [0.05, 0.1) is 12.5 Å². The zero-order chi connectivity index (χ0) is 10.4. The maximum absolute atomic E-state index is 5.07. The Bertz CT molecular complexity index is 233. The van der Waals surface area contributed by atoms with Crippen molar-refractivity contribution in [3.8, 4) is 0 Å². The van der Waals surface area contributed by atoms with E-state index in [9.17, 15) is 0 Å². The second-order valence-electron chi connectivity index (χ2n) is 3.67. The minimum absolute atomic E-state index is 0.436. The number of rotatable bonds is 6. The molecule has 0 aromatic carbocycles. The molecule has 1 heterocycles. The summed E-state index contributed by atoms with van der Waals surface area (Å²) in [6.45, 7) is 4.37. The van der Waals surface area contributed by atoms with E-state index < -0.39 is 0 Å². The third-order valence-electron chi connectivity index (χ3n) is 2.62. The molecule has 0 aliphatic carbocycles. The van der Waals surface area contributed by atoms with Crippen LogP contribution in [0.3, 0.4) is 0 Å². The van der Waals surface area contributed by atoms with Crippen LogP contribution in [0.1, 0.15) is 24.9 Å². The molecule has 0 spiro atoms. The highest BCUT2D eigenvalue weighted by molar-refractivity contribution is 5.10. The molecule has 0 fully saturated rings. The summed E-state index contributed by atoms with van der Waals surface area (Å²) < 4.78 is 5.07. The minimum Gasteiger partial charge on any atom is -0.472 e. The molecule has 0 saturated carbocycles. The van der Waals surface area contributed by atoms with E-state index in [1.807, 2.05) is 19.4 Å². The SMILES string of the molecule is CNCCCN(C)C(C)c1ccoc1. The first kappa shape index (κ1) is 11.3. The summed E-state index contributed by atoms with van der Waals surface area (Å²) in [6, 6.07) is 2.46. The molecule has 0 aliphatic rings. The average molecular weight is 196 g/mol. The third-order valence-corrected chi connectivity index (χ3v) is 2.62. The minimum atomic E-state index is 0.436. The van der Waals surface area contributed by atoms with Gasteiger partial charge in [-0.25, -0.2) is 0 Å². The van der Waals surface area contributed by atoms with E-state index in [4.69, 9.17) is 4.42 Å². The van der Waals surface area contributed by atoms with E-state index in [-0.39, 0.29) is 0 Å². The highest BCUT2D eigenvalue weighted by Crippen LogP contribution is 2.18. The zero-order valence-electron chi connectivity index (χ0n) is 9.29. The van der Waals surface area contributed by atoms with Crippen LogP contribution < -0.4 is 5.32 Å². The number of nitrogens with one attached hydrogen (secondary N) is 1. The van der Waals surface area contributed by atoms with Gasteiger partial charge < -0.3 is 9.73 Å². The maximum Gasteiger partial charge on any atom is 0.0950 e. The summed E-state index contributed by atoms with van der Waals surface area (Å²) in [5, 5.41) is 3.15. The van der Waals surface area contributed by atoms with Gasteiger partial charge in [0.15, 0.2) is 0 Å². The van der Waals surface area contributed by atoms with Gasteiger partial charge in [-0.15, -0.1) is 0 Å². The van der Waals surface area contributed by atoms with E-state index in [2.05, 4.69) is 24.2 Å². The Hall–Kier alpha value is -0.800. The van der Waals surface area contributed by atoms with Crippen LogP contribution in [0.25, 0.3) is 0 Å². The van der Waals surface area contributed by atoms with Gasteiger partial charge >= 0.3 is 0 Å². The predicted molar refractivity (Wildman–Crippen MR) is 58.3 cm³/mol. The number of hydrogen-bond donors (Lipinski definition) is 1. The number of nitrogens with zero attached hydrogens (tertiary/aromatic N) is 1. The zero-order valence-corrected chi connectivity index (χ0v) is 9.29. The Labute approximate surface area is 86.1 Å². The Morgan fingerprint density at radius 2 is 2.36 bits per heavy atom. The Balaban J connectivity index is 2.33.